The Kier molecular flexibility index (Phi) is 4.34. The maximum absolute atomic E-state index is 12.0. The van der Waals surface area contributed by atoms with Crippen LogP contribution in [0.1, 0.15) is 32.6 Å². The van der Waals surface area contributed by atoms with Gasteiger partial charge in [0.1, 0.15) is 0 Å². The molecule has 0 unspecified atom stereocenters. The van der Waals surface area contributed by atoms with Gasteiger partial charge in [-0.3, -0.25) is 9.36 Å². The van der Waals surface area contributed by atoms with Crippen LogP contribution in [0, 0.1) is 0 Å². The van der Waals surface area contributed by atoms with Crippen molar-refractivity contribution in [3.63, 3.8) is 0 Å². The van der Waals surface area contributed by atoms with Crippen LogP contribution in [0.2, 0.25) is 0 Å². The van der Waals surface area contributed by atoms with Gasteiger partial charge < -0.3 is 10.1 Å². The third-order valence-corrected chi connectivity index (χ3v) is 4.80. The van der Waals surface area contributed by atoms with Crippen molar-refractivity contribution in [1.29, 1.82) is 0 Å². The molecule has 2 heterocycles. The molecule has 2 atom stereocenters. The lowest BCUT2D eigenvalue weighted by Crippen LogP contribution is -2.33. The van der Waals surface area contributed by atoms with Gasteiger partial charge in [0.05, 0.1) is 17.9 Å². The van der Waals surface area contributed by atoms with E-state index in [1.54, 1.807) is 4.57 Å². The Labute approximate surface area is 126 Å². The summed E-state index contributed by atoms with van der Waals surface area (Å²) in [6.45, 7) is 3.08. The molecule has 0 spiro atoms. The van der Waals surface area contributed by atoms with Gasteiger partial charge in [-0.15, -0.1) is 5.10 Å². The number of thioether (sulfide) groups is 1. The molecule has 1 aromatic heterocycles. The molecule has 2 N–H and O–H groups in total. The van der Waals surface area contributed by atoms with Crippen LogP contribution in [0.4, 0.5) is 0 Å². The Morgan fingerprint density at radius 3 is 3.05 bits per heavy atom. The standard InChI is InChI=1S/C13H20N4O3S/c1-8(11(18)14-9-4-5-9)21-13-16-15-12(19)17(13)7-10-3-2-6-20-10/h8-10H,2-7H2,1H3,(H,14,18)(H,15,19)/t8-,10+/m1/s1. The molecule has 1 aliphatic carbocycles. The molecule has 0 radical (unpaired) electrons. The topological polar surface area (TPSA) is 89.0 Å². The number of nitrogens with one attached hydrogen (secondary N) is 2. The van der Waals surface area contributed by atoms with Crippen LogP contribution in [0.25, 0.3) is 0 Å². The third-order valence-electron chi connectivity index (χ3n) is 3.71. The second kappa shape index (κ2) is 6.23. The van der Waals surface area contributed by atoms with E-state index in [0.29, 0.717) is 17.7 Å². The van der Waals surface area contributed by atoms with Gasteiger partial charge >= 0.3 is 5.69 Å². The van der Waals surface area contributed by atoms with Crippen molar-refractivity contribution in [2.45, 2.75) is 61.7 Å². The van der Waals surface area contributed by atoms with Gasteiger partial charge in [-0.25, -0.2) is 9.89 Å². The van der Waals surface area contributed by atoms with E-state index in [2.05, 4.69) is 15.5 Å². The van der Waals surface area contributed by atoms with Gasteiger partial charge in [0, 0.05) is 12.6 Å². The lowest BCUT2D eigenvalue weighted by atomic mass is 10.2. The summed E-state index contributed by atoms with van der Waals surface area (Å²) in [5, 5.41) is 9.73. The van der Waals surface area contributed by atoms with Crippen molar-refractivity contribution in [3.8, 4) is 0 Å². The summed E-state index contributed by atoms with van der Waals surface area (Å²) in [4.78, 5) is 23.8. The number of carbonyl (C=O) groups excluding carboxylic acids is 1. The summed E-state index contributed by atoms with van der Waals surface area (Å²) in [5.41, 5.74) is -0.247. The number of ether oxygens (including phenoxy) is 1. The van der Waals surface area contributed by atoms with E-state index in [1.807, 2.05) is 6.92 Å². The van der Waals surface area contributed by atoms with Gasteiger partial charge in [-0.2, -0.15) is 0 Å². The molecule has 8 heteroatoms. The predicted molar refractivity (Wildman–Crippen MR) is 78.3 cm³/mol. The van der Waals surface area contributed by atoms with Crippen LogP contribution in [0.5, 0.6) is 0 Å². The molecule has 3 rings (SSSR count). The maximum Gasteiger partial charge on any atom is 0.344 e. The first-order valence-corrected chi connectivity index (χ1v) is 8.25. The highest BCUT2D eigenvalue weighted by Gasteiger charge is 2.27. The third kappa shape index (κ3) is 3.68. The molecule has 2 fully saturated rings. The van der Waals surface area contributed by atoms with Crippen LogP contribution in [-0.4, -0.2) is 44.7 Å². The Bertz CT molecular complexity index is 560. The summed E-state index contributed by atoms with van der Waals surface area (Å²) in [6.07, 6.45) is 4.18. The van der Waals surface area contributed by atoms with Crippen molar-refractivity contribution in [2.75, 3.05) is 6.61 Å². The smallest absolute Gasteiger partial charge is 0.344 e. The van der Waals surface area contributed by atoms with Gasteiger partial charge in [0.15, 0.2) is 5.16 Å². The monoisotopic (exact) mass is 312 g/mol. The highest BCUT2D eigenvalue weighted by molar-refractivity contribution is 8.00. The van der Waals surface area contributed by atoms with Crippen molar-refractivity contribution in [1.82, 2.24) is 20.1 Å². The van der Waals surface area contributed by atoms with Crippen molar-refractivity contribution in [3.05, 3.63) is 10.5 Å². The first-order valence-electron chi connectivity index (χ1n) is 7.37. The Hall–Kier alpha value is -1.28. The minimum absolute atomic E-state index is 0.00150. The molecule has 21 heavy (non-hydrogen) atoms. The molecule has 1 aliphatic heterocycles. The zero-order chi connectivity index (χ0) is 14.8. The average molecular weight is 312 g/mol. The molecular weight excluding hydrogens is 292 g/mol. The van der Waals surface area contributed by atoms with E-state index in [0.717, 1.165) is 32.3 Å². The second-order valence-electron chi connectivity index (χ2n) is 5.60. The molecule has 1 saturated heterocycles. The van der Waals surface area contributed by atoms with Crippen molar-refractivity contribution < 1.29 is 9.53 Å². The SMILES string of the molecule is C[C@@H](Sc1n[nH]c(=O)n1C[C@@H]1CCCO1)C(=O)NC1CC1. The first-order chi connectivity index (χ1) is 10.1. The lowest BCUT2D eigenvalue weighted by molar-refractivity contribution is -0.120. The number of carbonyl (C=O) groups is 1. The van der Waals surface area contributed by atoms with Crippen LogP contribution >= 0.6 is 11.8 Å². The summed E-state index contributed by atoms with van der Waals surface area (Å²) in [5.74, 6) is 0.00150. The molecule has 0 bridgehead atoms. The minimum Gasteiger partial charge on any atom is -0.376 e. The van der Waals surface area contributed by atoms with Crippen LogP contribution in [0.15, 0.2) is 9.95 Å². The largest absolute Gasteiger partial charge is 0.376 e. The number of hydrogen-bond acceptors (Lipinski definition) is 5. The number of amides is 1. The second-order valence-corrected chi connectivity index (χ2v) is 6.91. The van der Waals surface area contributed by atoms with Crippen molar-refractivity contribution in [2.24, 2.45) is 0 Å². The zero-order valence-corrected chi connectivity index (χ0v) is 12.8. The van der Waals surface area contributed by atoms with Gasteiger partial charge in [0.2, 0.25) is 5.91 Å². The fraction of sp³-hybridized carbons (Fsp3) is 0.769. The van der Waals surface area contributed by atoms with Crippen molar-refractivity contribution >= 4 is 17.7 Å². The Morgan fingerprint density at radius 2 is 2.38 bits per heavy atom. The van der Waals surface area contributed by atoms with Crippen LogP contribution in [0.3, 0.4) is 0 Å². The zero-order valence-electron chi connectivity index (χ0n) is 12.0. The number of nitrogens with zero attached hydrogens (tertiary/aromatic N) is 2. The fourth-order valence-electron chi connectivity index (χ4n) is 2.30. The number of hydrogen-bond donors (Lipinski definition) is 2. The molecule has 1 saturated carbocycles. The first kappa shape index (κ1) is 14.6. The molecule has 116 valence electrons. The van der Waals surface area contributed by atoms with Gasteiger partial charge in [0.25, 0.3) is 0 Å². The number of rotatable bonds is 6. The van der Waals surface area contributed by atoms with E-state index < -0.39 is 0 Å². The van der Waals surface area contributed by atoms with E-state index in [1.165, 1.54) is 11.8 Å². The van der Waals surface area contributed by atoms with Crippen LogP contribution in [-0.2, 0) is 16.1 Å². The minimum atomic E-state index is -0.274. The summed E-state index contributed by atoms with van der Waals surface area (Å²) < 4.78 is 7.13. The van der Waals surface area contributed by atoms with Gasteiger partial charge in [-0.05, 0) is 32.6 Å². The highest BCUT2D eigenvalue weighted by atomic mass is 32.2. The number of aromatic amines is 1. The lowest BCUT2D eigenvalue weighted by Gasteiger charge is -2.13. The molecule has 2 aliphatic rings. The number of H-pyrrole nitrogens is 1. The predicted octanol–water partition coefficient (Wildman–Crippen LogP) is 0.510. The highest BCUT2D eigenvalue weighted by Crippen LogP contribution is 2.24. The van der Waals surface area contributed by atoms with E-state index in [4.69, 9.17) is 4.74 Å². The summed E-state index contributed by atoms with van der Waals surface area (Å²) in [6, 6.07) is 0.341. The summed E-state index contributed by atoms with van der Waals surface area (Å²) >= 11 is 1.31. The van der Waals surface area contributed by atoms with E-state index in [9.17, 15) is 9.59 Å². The fourth-order valence-corrected chi connectivity index (χ4v) is 3.18. The van der Waals surface area contributed by atoms with E-state index >= 15 is 0 Å². The molecular formula is C13H20N4O3S. The van der Waals surface area contributed by atoms with Crippen LogP contribution < -0.4 is 11.0 Å². The molecule has 7 nitrogen and oxygen atoms in total. The van der Waals surface area contributed by atoms with Gasteiger partial charge in [-0.1, -0.05) is 11.8 Å². The Morgan fingerprint density at radius 1 is 1.57 bits per heavy atom. The molecule has 1 aromatic rings. The molecule has 0 aromatic carbocycles. The average Bonchev–Trinajstić information content (AvgIpc) is 3.00. The molecule has 1 amide bonds. The normalized spacial score (nSPS) is 23.2. The number of aromatic nitrogens is 3. The quantitative estimate of drug-likeness (QED) is 0.747. The Balaban J connectivity index is 1.63. The summed E-state index contributed by atoms with van der Waals surface area (Å²) in [7, 11) is 0. The maximum atomic E-state index is 12.0. The van der Waals surface area contributed by atoms with E-state index in [-0.39, 0.29) is 23.0 Å².